The molecule has 2 amide bonds. The number of nitrogens with one attached hydrogen (secondary N) is 2. The minimum Gasteiger partial charge on any atom is -0.508 e. The van der Waals surface area contributed by atoms with E-state index in [0.29, 0.717) is 25.4 Å². The van der Waals surface area contributed by atoms with Gasteiger partial charge >= 0.3 is 11.8 Å². The molecular weight excluding hydrogens is 256 g/mol. The third-order valence-electron chi connectivity index (χ3n) is 2.85. The summed E-state index contributed by atoms with van der Waals surface area (Å²) in [5.74, 6) is -0.487. The van der Waals surface area contributed by atoms with Crippen LogP contribution in [0.25, 0.3) is 0 Å². The number of phenolic OH excluding ortho intramolecular Hbond substituents is 1. The highest BCUT2D eigenvalue weighted by atomic mass is 16.3. The molecule has 0 radical (unpaired) electrons. The lowest BCUT2D eigenvalue weighted by Gasteiger charge is -2.08. The largest absolute Gasteiger partial charge is 0.508 e. The highest BCUT2D eigenvalue weighted by Crippen LogP contribution is 2.09. The molecule has 0 aromatic heterocycles. The van der Waals surface area contributed by atoms with Crippen molar-refractivity contribution in [3.63, 3.8) is 0 Å². The first-order valence-electron chi connectivity index (χ1n) is 6.83. The van der Waals surface area contributed by atoms with E-state index in [9.17, 15) is 9.59 Å². The van der Waals surface area contributed by atoms with Gasteiger partial charge in [-0.05, 0) is 36.5 Å². The van der Waals surface area contributed by atoms with Crippen molar-refractivity contribution in [1.82, 2.24) is 10.6 Å². The minimum absolute atomic E-state index is 0.210. The standard InChI is InChI=1S/C15H22N2O3/c1-11(2)7-9-16-14(19)15(20)17-10-8-12-3-5-13(18)6-4-12/h3-6,11,18H,7-10H2,1-2H3,(H,16,19)(H,17,20). The summed E-state index contributed by atoms with van der Waals surface area (Å²) in [5.41, 5.74) is 0.989. The Bertz CT molecular complexity index is 441. The molecule has 1 aromatic carbocycles. The topological polar surface area (TPSA) is 78.4 Å². The maximum atomic E-state index is 11.5. The smallest absolute Gasteiger partial charge is 0.309 e. The predicted octanol–water partition coefficient (Wildman–Crippen LogP) is 1.21. The van der Waals surface area contributed by atoms with Crippen LogP contribution in [0.4, 0.5) is 0 Å². The lowest BCUT2D eigenvalue weighted by Crippen LogP contribution is -2.41. The summed E-state index contributed by atoms with van der Waals surface area (Å²) in [5, 5.41) is 14.3. The molecule has 0 heterocycles. The summed E-state index contributed by atoms with van der Waals surface area (Å²) in [6.07, 6.45) is 1.47. The fourth-order valence-corrected chi connectivity index (χ4v) is 1.62. The number of aromatic hydroxyl groups is 1. The minimum atomic E-state index is -0.604. The molecule has 5 nitrogen and oxygen atoms in total. The zero-order chi connectivity index (χ0) is 15.0. The second-order valence-corrected chi connectivity index (χ2v) is 5.11. The van der Waals surface area contributed by atoms with Gasteiger partial charge in [-0.1, -0.05) is 26.0 Å². The highest BCUT2D eigenvalue weighted by molar-refractivity contribution is 6.35. The molecule has 3 N–H and O–H groups in total. The number of carbonyl (C=O) groups excluding carboxylic acids is 2. The number of amides is 2. The van der Waals surface area contributed by atoms with E-state index in [1.165, 1.54) is 0 Å². The number of hydrogen-bond donors (Lipinski definition) is 3. The lowest BCUT2D eigenvalue weighted by atomic mass is 10.1. The molecule has 1 rings (SSSR count). The summed E-state index contributed by atoms with van der Waals surface area (Å²) in [6, 6.07) is 6.75. The fourth-order valence-electron chi connectivity index (χ4n) is 1.62. The van der Waals surface area contributed by atoms with Crippen LogP contribution in [0, 0.1) is 5.92 Å². The maximum absolute atomic E-state index is 11.5. The normalized spacial score (nSPS) is 10.3. The summed E-state index contributed by atoms with van der Waals surface area (Å²) in [7, 11) is 0. The van der Waals surface area contributed by atoms with Gasteiger partial charge in [-0.2, -0.15) is 0 Å². The number of carbonyl (C=O) groups is 2. The predicted molar refractivity (Wildman–Crippen MR) is 77.3 cm³/mol. The maximum Gasteiger partial charge on any atom is 0.309 e. The molecule has 20 heavy (non-hydrogen) atoms. The number of rotatable bonds is 6. The molecule has 110 valence electrons. The molecule has 5 heteroatoms. The summed E-state index contributed by atoms with van der Waals surface area (Å²) >= 11 is 0. The molecule has 0 spiro atoms. The third-order valence-corrected chi connectivity index (χ3v) is 2.85. The number of benzene rings is 1. The Hall–Kier alpha value is -2.04. The van der Waals surface area contributed by atoms with Gasteiger partial charge in [-0.3, -0.25) is 9.59 Å². The quantitative estimate of drug-likeness (QED) is 0.684. The van der Waals surface area contributed by atoms with Crippen LogP contribution in [0.1, 0.15) is 25.8 Å². The van der Waals surface area contributed by atoms with Gasteiger partial charge in [-0.25, -0.2) is 0 Å². The zero-order valence-electron chi connectivity index (χ0n) is 12.0. The molecule has 1 aromatic rings. The van der Waals surface area contributed by atoms with Gasteiger partial charge in [-0.15, -0.1) is 0 Å². The van der Waals surface area contributed by atoms with Crippen LogP contribution in [0.5, 0.6) is 5.75 Å². The van der Waals surface area contributed by atoms with E-state index < -0.39 is 11.8 Å². The van der Waals surface area contributed by atoms with Crippen LogP contribution in [0.2, 0.25) is 0 Å². The van der Waals surface area contributed by atoms with Gasteiger partial charge in [0.2, 0.25) is 0 Å². The van der Waals surface area contributed by atoms with Gasteiger partial charge in [0.1, 0.15) is 5.75 Å². The van der Waals surface area contributed by atoms with Gasteiger partial charge in [0.25, 0.3) is 0 Å². The van der Waals surface area contributed by atoms with Crippen LogP contribution in [-0.2, 0) is 16.0 Å². The molecule has 0 saturated carbocycles. The second-order valence-electron chi connectivity index (χ2n) is 5.11. The van der Waals surface area contributed by atoms with Crippen molar-refractivity contribution in [2.24, 2.45) is 5.92 Å². The van der Waals surface area contributed by atoms with Crippen molar-refractivity contribution >= 4 is 11.8 Å². The van der Waals surface area contributed by atoms with Crippen molar-refractivity contribution in [2.75, 3.05) is 13.1 Å². The average molecular weight is 278 g/mol. The first-order chi connectivity index (χ1) is 9.49. The molecule has 0 fully saturated rings. The number of hydrogen-bond acceptors (Lipinski definition) is 3. The number of phenols is 1. The van der Waals surface area contributed by atoms with E-state index in [4.69, 9.17) is 5.11 Å². The fraction of sp³-hybridized carbons (Fsp3) is 0.467. The Kier molecular flexibility index (Phi) is 6.56. The first-order valence-corrected chi connectivity index (χ1v) is 6.83. The summed E-state index contributed by atoms with van der Waals surface area (Å²) < 4.78 is 0. The molecule has 0 bridgehead atoms. The van der Waals surface area contributed by atoms with Crippen LogP contribution in [0.3, 0.4) is 0 Å². The van der Waals surface area contributed by atoms with E-state index in [1.54, 1.807) is 24.3 Å². The zero-order valence-corrected chi connectivity index (χ0v) is 12.0. The first kappa shape index (κ1) is 16.0. The van der Waals surface area contributed by atoms with Crippen LogP contribution in [-0.4, -0.2) is 30.0 Å². The van der Waals surface area contributed by atoms with Crippen molar-refractivity contribution in [1.29, 1.82) is 0 Å². The van der Waals surface area contributed by atoms with Gasteiger partial charge in [0.15, 0.2) is 0 Å². The van der Waals surface area contributed by atoms with Crippen molar-refractivity contribution in [3.05, 3.63) is 29.8 Å². The summed E-state index contributed by atoms with van der Waals surface area (Å²) in [4.78, 5) is 23.0. The second kappa shape index (κ2) is 8.19. The van der Waals surface area contributed by atoms with Gasteiger partial charge in [0.05, 0.1) is 0 Å². The average Bonchev–Trinajstić information content (AvgIpc) is 2.40. The Morgan fingerprint density at radius 3 is 2.15 bits per heavy atom. The third kappa shape index (κ3) is 6.22. The van der Waals surface area contributed by atoms with E-state index >= 15 is 0 Å². The van der Waals surface area contributed by atoms with E-state index in [1.807, 2.05) is 0 Å². The van der Waals surface area contributed by atoms with E-state index in [-0.39, 0.29) is 5.75 Å². The Balaban J connectivity index is 2.22. The molecule has 0 unspecified atom stereocenters. The lowest BCUT2D eigenvalue weighted by molar-refractivity contribution is -0.139. The molecule has 0 aliphatic carbocycles. The van der Waals surface area contributed by atoms with Gasteiger partial charge in [0, 0.05) is 13.1 Å². The van der Waals surface area contributed by atoms with Crippen molar-refractivity contribution in [2.45, 2.75) is 26.7 Å². The Morgan fingerprint density at radius 2 is 1.60 bits per heavy atom. The SMILES string of the molecule is CC(C)CCNC(=O)C(=O)NCCc1ccc(O)cc1. The van der Waals surface area contributed by atoms with Crippen LogP contribution >= 0.6 is 0 Å². The van der Waals surface area contributed by atoms with Gasteiger partial charge < -0.3 is 15.7 Å². The van der Waals surface area contributed by atoms with Crippen LogP contribution in [0.15, 0.2) is 24.3 Å². The molecule has 0 aliphatic heterocycles. The van der Waals surface area contributed by atoms with E-state index in [0.717, 1.165) is 12.0 Å². The highest BCUT2D eigenvalue weighted by Gasteiger charge is 2.11. The molecule has 0 atom stereocenters. The molecular formula is C15H22N2O3. The monoisotopic (exact) mass is 278 g/mol. The Morgan fingerprint density at radius 1 is 1.05 bits per heavy atom. The van der Waals surface area contributed by atoms with Crippen molar-refractivity contribution in [3.8, 4) is 5.75 Å². The molecule has 0 saturated heterocycles. The Labute approximate surface area is 119 Å². The van der Waals surface area contributed by atoms with Crippen LogP contribution < -0.4 is 10.6 Å². The van der Waals surface area contributed by atoms with E-state index in [2.05, 4.69) is 24.5 Å². The summed E-state index contributed by atoms with van der Waals surface area (Å²) in [6.45, 7) is 5.02. The van der Waals surface area contributed by atoms with Crippen molar-refractivity contribution < 1.29 is 14.7 Å². The molecule has 0 aliphatic rings.